The molecule has 0 aliphatic heterocycles. The van der Waals surface area contributed by atoms with Crippen molar-refractivity contribution in [2.45, 2.75) is 6.92 Å². The second-order valence-corrected chi connectivity index (χ2v) is 6.88. The Labute approximate surface area is 206 Å². The van der Waals surface area contributed by atoms with E-state index in [-0.39, 0.29) is 28.6 Å². The smallest absolute Gasteiger partial charge is 0.300 e. The number of phenolic OH excluding ortho intramolecular Hbond substituents is 2. The third-order valence-electron chi connectivity index (χ3n) is 4.47. The van der Waals surface area contributed by atoms with E-state index in [1.807, 2.05) is 6.07 Å². The molecule has 2 heterocycles. The Morgan fingerprint density at radius 2 is 1.24 bits per heavy atom. The van der Waals surface area contributed by atoms with Gasteiger partial charge in [0.15, 0.2) is 0 Å². The molecule has 1 radical (unpaired) electrons. The van der Waals surface area contributed by atoms with Gasteiger partial charge >= 0.3 is 0 Å². The Morgan fingerprint density at radius 3 is 1.74 bits per heavy atom. The van der Waals surface area contributed by atoms with Gasteiger partial charge in [0.05, 0.1) is 29.9 Å². The number of carbonyl (C=O) groups is 1. The van der Waals surface area contributed by atoms with Crippen molar-refractivity contribution in [3.8, 4) is 51.2 Å². The first-order chi connectivity index (χ1) is 15.8. The van der Waals surface area contributed by atoms with Crippen LogP contribution >= 0.6 is 0 Å². The summed E-state index contributed by atoms with van der Waals surface area (Å²) in [6.45, 7) is 1.08. The predicted molar refractivity (Wildman–Crippen MR) is 121 cm³/mol. The summed E-state index contributed by atoms with van der Waals surface area (Å²) in [5.74, 6) is -0.661. The molecule has 3 N–H and O–H groups in total. The first-order valence-electron chi connectivity index (χ1n) is 9.78. The average Bonchev–Trinajstić information content (AvgIpc) is 2.81. The molecule has 7 nitrogen and oxygen atoms in total. The van der Waals surface area contributed by atoms with Crippen LogP contribution in [0.15, 0.2) is 72.8 Å². The number of hydrogen-bond acceptors (Lipinski definition) is 6. The molecule has 34 heavy (non-hydrogen) atoms. The molecule has 0 spiro atoms. The topological polar surface area (TPSA) is 113 Å². The molecule has 175 valence electrons. The van der Waals surface area contributed by atoms with Gasteiger partial charge in [-0.2, -0.15) is 0 Å². The third-order valence-corrected chi connectivity index (χ3v) is 4.47. The minimum absolute atomic E-state index is 0. The van der Waals surface area contributed by atoms with Gasteiger partial charge in [-0.1, -0.05) is 12.1 Å². The quantitative estimate of drug-likeness (QED) is 0.331. The normalized spacial score (nSPS) is 9.85. The first kappa shape index (κ1) is 26.3. The van der Waals surface area contributed by atoms with Gasteiger partial charge in [-0.25, -0.2) is 14.4 Å². The van der Waals surface area contributed by atoms with Crippen LogP contribution in [-0.4, -0.2) is 38.4 Å². The minimum Gasteiger partial charge on any atom is -0.507 e. The Kier molecular flexibility index (Phi) is 9.12. The van der Waals surface area contributed by atoms with Crippen molar-refractivity contribution in [3.63, 3.8) is 0 Å². The summed E-state index contributed by atoms with van der Waals surface area (Å²) in [6, 6.07) is 19.2. The molecule has 0 saturated heterocycles. The fraction of sp³-hybridized carbons (Fsp3) is 0.0800. The SMILES string of the molecule is CC(=O)O.COc1ccc(O)c(-c2cccc(-c3cccc(-c4cc(F)ccc4O)n3)n2)c1.[Mn]. The monoisotopic (exact) mass is 503 g/mol. The van der Waals surface area contributed by atoms with Crippen molar-refractivity contribution < 1.29 is 46.3 Å². The largest absolute Gasteiger partial charge is 0.507 e. The molecule has 0 bridgehead atoms. The summed E-state index contributed by atoms with van der Waals surface area (Å²) < 4.78 is 18.8. The fourth-order valence-electron chi connectivity index (χ4n) is 3.02. The van der Waals surface area contributed by atoms with Gasteiger partial charge < -0.3 is 20.1 Å². The van der Waals surface area contributed by atoms with Gasteiger partial charge in [-0.15, -0.1) is 0 Å². The zero-order valence-electron chi connectivity index (χ0n) is 18.2. The second kappa shape index (κ2) is 11.8. The minimum atomic E-state index is -0.833. The summed E-state index contributed by atoms with van der Waals surface area (Å²) in [4.78, 5) is 18.1. The predicted octanol–water partition coefficient (Wildman–Crippen LogP) is 5.12. The molecule has 2 aromatic heterocycles. The van der Waals surface area contributed by atoms with Crippen LogP contribution < -0.4 is 4.74 Å². The molecule has 0 unspecified atom stereocenters. The average molecular weight is 503 g/mol. The number of methoxy groups -OCH3 is 1. The standard InChI is InChI=1S/C23H17FN2O3.C2H4O2.Mn/c1-29-15-9-11-23(28)17(13-15)19-5-3-7-21(26-19)20-6-2-4-18(25-20)16-12-14(24)8-10-22(16)27;1-2(3)4;/h2-13,27-28H,1H3;1H3,(H,3,4);. The molecule has 0 aliphatic rings. The van der Waals surface area contributed by atoms with E-state index < -0.39 is 11.8 Å². The zero-order chi connectivity index (χ0) is 24.0. The number of phenols is 2. The first-order valence-corrected chi connectivity index (χ1v) is 9.78. The van der Waals surface area contributed by atoms with Gasteiger partial charge in [0.1, 0.15) is 23.1 Å². The number of nitrogens with zero attached hydrogens (tertiary/aromatic N) is 2. The zero-order valence-corrected chi connectivity index (χ0v) is 19.4. The third kappa shape index (κ3) is 6.54. The van der Waals surface area contributed by atoms with Crippen LogP contribution in [0.1, 0.15) is 6.92 Å². The van der Waals surface area contributed by atoms with E-state index in [1.165, 1.54) is 18.2 Å². The van der Waals surface area contributed by atoms with Crippen molar-refractivity contribution in [1.82, 2.24) is 9.97 Å². The number of carboxylic acids is 1. The van der Waals surface area contributed by atoms with Gasteiger partial charge in [-0.3, -0.25) is 4.79 Å². The van der Waals surface area contributed by atoms with Crippen molar-refractivity contribution in [2.24, 2.45) is 0 Å². The number of rotatable bonds is 4. The summed E-state index contributed by atoms with van der Waals surface area (Å²) in [6.07, 6.45) is 0. The van der Waals surface area contributed by atoms with Gasteiger partial charge in [0.25, 0.3) is 5.97 Å². The number of aromatic nitrogens is 2. The van der Waals surface area contributed by atoms with Crippen LogP contribution in [0.25, 0.3) is 33.9 Å². The van der Waals surface area contributed by atoms with Crippen LogP contribution in [0.4, 0.5) is 4.39 Å². The van der Waals surface area contributed by atoms with Crippen LogP contribution in [0, 0.1) is 5.82 Å². The molecule has 0 aliphatic carbocycles. The maximum Gasteiger partial charge on any atom is 0.300 e. The van der Waals surface area contributed by atoms with Crippen LogP contribution in [0.5, 0.6) is 17.2 Å². The van der Waals surface area contributed by atoms with E-state index >= 15 is 0 Å². The Morgan fingerprint density at radius 1 is 0.794 bits per heavy atom. The molecular formula is C25H21FMnN2O5. The molecule has 4 rings (SSSR count). The molecular weight excluding hydrogens is 482 g/mol. The number of carboxylic acid groups (broad SMARTS) is 1. The number of aliphatic carboxylic acids is 1. The van der Waals surface area contributed by atoms with E-state index in [0.29, 0.717) is 39.7 Å². The van der Waals surface area contributed by atoms with Gasteiger partial charge in [0, 0.05) is 35.1 Å². The molecule has 0 amide bonds. The van der Waals surface area contributed by atoms with Crippen molar-refractivity contribution in [1.29, 1.82) is 0 Å². The molecule has 2 aromatic carbocycles. The number of pyridine rings is 2. The summed E-state index contributed by atoms with van der Waals surface area (Å²) in [5.41, 5.74) is 2.94. The van der Waals surface area contributed by atoms with Crippen LogP contribution in [-0.2, 0) is 21.9 Å². The van der Waals surface area contributed by atoms with Crippen molar-refractivity contribution in [3.05, 3.63) is 78.6 Å². The van der Waals surface area contributed by atoms with Gasteiger partial charge in [-0.05, 0) is 60.7 Å². The number of benzene rings is 2. The molecule has 4 aromatic rings. The van der Waals surface area contributed by atoms with Crippen molar-refractivity contribution >= 4 is 5.97 Å². The van der Waals surface area contributed by atoms with E-state index in [4.69, 9.17) is 14.6 Å². The second-order valence-electron chi connectivity index (χ2n) is 6.88. The number of aromatic hydroxyl groups is 2. The number of halogens is 1. The van der Waals surface area contributed by atoms with E-state index in [2.05, 4.69) is 9.97 Å². The van der Waals surface area contributed by atoms with Crippen LogP contribution in [0.3, 0.4) is 0 Å². The Bertz CT molecular complexity index is 1300. The molecule has 0 saturated carbocycles. The maximum absolute atomic E-state index is 13.6. The molecule has 0 fully saturated rings. The maximum atomic E-state index is 13.6. The van der Waals surface area contributed by atoms with Crippen molar-refractivity contribution in [2.75, 3.05) is 7.11 Å². The van der Waals surface area contributed by atoms with Crippen LogP contribution in [0.2, 0.25) is 0 Å². The fourth-order valence-corrected chi connectivity index (χ4v) is 3.02. The molecule has 0 atom stereocenters. The summed E-state index contributed by atoms with van der Waals surface area (Å²) in [7, 11) is 1.55. The molecule has 9 heteroatoms. The summed E-state index contributed by atoms with van der Waals surface area (Å²) in [5, 5.41) is 27.7. The Hall–Kier alpha value is -3.94. The summed E-state index contributed by atoms with van der Waals surface area (Å²) >= 11 is 0. The number of ether oxygens (including phenoxy) is 1. The number of hydrogen-bond donors (Lipinski definition) is 3. The van der Waals surface area contributed by atoms with E-state index in [1.54, 1.807) is 55.6 Å². The van der Waals surface area contributed by atoms with Gasteiger partial charge in [0.2, 0.25) is 0 Å². The van der Waals surface area contributed by atoms with E-state index in [0.717, 1.165) is 6.92 Å². The van der Waals surface area contributed by atoms with E-state index in [9.17, 15) is 14.6 Å². The Balaban J connectivity index is 0.000000758.